The fourth-order valence-corrected chi connectivity index (χ4v) is 9.05. The maximum absolute atomic E-state index is 5.30. The van der Waals surface area contributed by atoms with Crippen LogP contribution < -0.4 is 0 Å². The first-order valence-electron chi connectivity index (χ1n) is 18.9. The molecule has 10 aromatic rings. The summed E-state index contributed by atoms with van der Waals surface area (Å²) < 4.78 is 0. The standard InChI is InChI=1S/C53H34N2/c1-3-19-41(20-4-1)53(42-21-5-2-6-22-42)48-27-11-9-24-44(48)47-33-38-30-29-37(32-40(38)34-49(47)53)36-17-13-18-39(31-36)52-54-50-28-12-10-25-46(50)51(55-52)45-26-14-16-35-15-7-8-23-43(35)45/h1-34H. The number of rotatable bonds is 5. The normalized spacial score (nSPS) is 12.9. The van der Waals surface area contributed by atoms with Crippen molar-refractivity contribution >= 4 is 32.4 Å². The average Bonchev–Trinajstić information content (AvgIpc) is 3.55. The largest absolute Gasteiger partial charge is 0.228 e. The Bertz CT molecular complexity index is 3050. The highest BCUT2D eigenvalue weighted by atomic mass is 14.9. The van der Waals surface area contributed by atoms with E-state index in [1.54, 1.807) is 0 Å². The van der Waals surface area contributed by atoms with E-state index >= 15 is 0 Å². The Morgan fingerprint density at radius 1 is 0.327 bits per heavy atom. The molecule has 55 heavy (non-hydrogen) atoms. The summed E-state index contributed by atoms with van der Waals surface area (Å²) in [6.07, 6.45) is 0. The molecule has 1 aliphatic carbocycles. The molecule has 0 N–H and O–H groups in total. The van der Waals surface area contributed by atoms with Crippen LogP contribution in [-0.2, 0) is 5.41 Å². The number of nitrogens with zero attached hydrogens (tertiary/aromatic N) is 2. The Morgan fingerprint density at radius 3 is 1.80 bits per heavy atom. The van der Waals surface area contributed by atoms with E-state index in [0.717, 1.165) is 44.7 Å². The molecule has 0 saturated carbocycles. The van der Waals surface area contributed by atoms with Gasteiger partial charge in [-0.05, 0) is 96.4 Å². The summed E-state index contributed by atoms with van der Waals surface area (Å²) >= 11 is 0. The Balaban J connectivity index is 1.07. The van der Waals surface area contributed by atoms with Gasteiger partial charge < -0.3 is 0 Å². The lowest BCUT2D eigenvalue weighted by molar-refractivity contribution is 0.769. The maximum atomic E-state index is 5.30. The van der Waals surface area contributed by atoms with Gasteiger partial charge in [0.15, 0.2) is 5.82 Å². The third-order valence-corrected chi connectivity index (χ3v) is 11.5. The van der Waals surface area contributed by atoms with Crippen LogP contribution in [0.3, 0.4) is 0 Å². The van der Waals surface area contributed by atoms with Gasteiger partial charge in [0.2, 0.25) is 0 Å². The van der Waals surface area contributed by atoms with E-state index in [1.165, 1.54) is 54.9 Å². The molecule has 0 unspecified atom stereocenters. The van der Waals surface area contributed by atoms with Gasteiger partial charge in [-0.2, -0.15) is 0 Å². The van der Waals surface area contributed by atoms with E-state index in [-0.39, 0.29) is 0 Å². The zero-order valence-electron chi connectivity index (χ0n) is 30.0. The van der Waals surface area contributed by atoms with Gasteiger partial charge in [0.05, 0.1) is 16.6 Å². The predicted molar refractivity (Wildman–Crippen MR) is 228 cm³/mol. The molecule has 2 heteroatoms. The molecular formula is C53H34N2. The molecule has 1 aromatic heterocycles. The highest BCUT2D eigenvalue weighted by molar-refractivity contribution is 6.04. The number of hydrogen-bond acceptors (Lipinski definition) is 2. The Morgan fingerprint density at radius 2 is 0.964 bits per heavy atom. The maximum Gasteiger partial charge on any atom is 0.160 e. The molecule has 1 aliphatic rings. The van der Waals surface area contributed by atoms with Gasteiger partial charge in [0.1, 0.15) is 0 Å². The zero-order chi connectivity index (χ0) is 36.3. The summed E-state index contributed by atoms with van der Waals surface area (Å²) in [7, 11) is 0. The van der Waals surface area contributed by atoms with Gasteiger partial charge in [-0.3, -0.25) is 0 Å². The van der Waals surface area contributed by atoms with Crippen LogP contribution in [0.2, 0.25) is 0 Å². The average molecular weight is 699 g/mol. The van der Waals surface area contributed by atoms with Crippen LogP contribution in [0.25, 0.3) is 77.3 Å². The highest BCUT2D eigenvalue weighted by Gasteiger charge is 2.46. The van der Waals surface area contributed by atoms with Crippen molar-refractivity contribution in [2.24, 2.45) is 0 Å². The molecule has 0 saturated heterocycles. The van der Waals surface area contributed by atoms with Crippen molar-refractivity contribution in [1.29, 1.82) is 0 Å². The number of para-hydroxylation sites is 1. The number of hydrogen-bond donors (Lipinski definition) is 0. The number of aromatic nitrogens is 2. The quantitative estimate of drug-likeness (QED) is 0.179. The lowest BCUT2D eigenvalue weighted by Gasteiger charge is -2.34. The van der Waals surface area contributed by atoms with Gasteiger partial charge in [-0.25, -0.2) is 9.97 Å². The molecule has 0 aliphatic heterocycles. The van der Waals surface area contributed by atoms with Gasteiger partial charge in [0.25, 0.3) is 0 Å². The summed E-state index contributed by atoms with van der Waals surface area (Å²) in [5.41, 5.74) is 13.6. The molecule has 256 valence electrons. The van der Waals surface area contributed by atoms with E-state index in [4.69, 9.17) is 9.97 Å². The fraction of sp³-hybridized carbons (Fsp3) is 0.0189. The van der Waals surface area contributed by atoms with Crippen LogP contribution in [-0.4, -0.2) is 9.97 Å². The van der Waals surface area contributed by atoms with Gasteiger partial charge in [0, 0.05) is 16.5 Å². The van der Waals surface area contributed by atoms with Crippen molar-refractivity contribution in [3.63, 3.8) is 0 Å². The van der Waals surface area contributed by atoms with Crippen LogP contribution in [0.1, 0.15) is 22.3 Å². The van der Waals surface area contributed by atoms with Gasteiger partial charge in [-0.15, -0.1) is 0 Å². The first kappa shape index (κ1) is 31.4. The molecule has 11 rings (SSSR count). The molecule has 9 aromatic carbocycles. The van der Waals surface area contributed by atoms with Crippen molar-refractivity contribution in [1.82, 2.24) is 9.97 Å². The van der Waals surface area contributed by atoms with E-state index < -0.39 is 5.41 Å². The molecule has 0 bridgehead atoms. The predicted octanol–water partition coefficient (Wildman–Crippen LogP) is 13.3. The molecular weight excluding hydrogens is 665 g/mol. The molecule has 0 radical (unpaired) electrons. The molecule has 0 fully saturated rings. The van der Waals surface area contributed by atoms with Crippen LogP contribution in [0.5, 0.6) is 0 Å². The lowest BCUT2D eigenvalue weighted by atomic mass is 9.67. The first-order chi connectivity index (χ1) is 27.3. The second-order valence-electron chi connectivity index (χ2n) is 14.5. The SMILES string of the molecule is c1ccc(C2(c3ccccc3)c3ccccc3-c3cc4ccc(-c5cccc(-c6nc(-c7cccc8ccccc78)c7ccccc7n6)c5)cc4cc32)cc1. The van der Waals surface area contributed by atoms with Crippen molar-refractivity contribution in [2.75, 3.05) is 0 Å². The summed E-state index contributed by atoms with van der Waals surface area (Å²) in [6, 6.07) is 74.7. The van der Waals surface area contributed by atoms with Crippen molar-refractivity contribution in [2.45, 2.75) is 5.41 Å². The van der Waals surface area contributed by atoms with Crippen LogP contribution in [0, 0.1) is 0 Å². The first-order valence-corrected chi connectivity index (χ1v) is 18.9. The van der Waals surface area contributed by atoms with Gasteiger partial charge >= 0.3 is 0 Å². The molecule has 0 spiro atoms. The fourth-order valence-electron chi connectivity index (χ4n) is 9.05. The molecule has 2 nitrogen and oxygen atoms in total. The van der Waals surface area contributed by atoms with E-state index in [1.807, 2.05) is 0 Å². The van der Waals surface area contributed by atoms with Crippen LogP contribution >= 0.6 is 0 Å². The number of fused-ring (bicyclic) bond motifs is 6. The minimum Gasteiger partial charge on any atom is -0.228 e. The van der Waals surface area contributed by atoms with Crippen LogP contribution in [0.4, 0.5) is 0 Å². The highest BCUT2D eigenvalue weighted by Crippen LogP contribution is 2.57. The topological polar surface area (TPSA) is 25.8 Å². The smallest absolute Gasteiger partial charge is 0.160 e. The van der Waals surface area contributed by atoms with Crippen molar-refractivity contribution < 1.29 is 0 Å². The third-order valence-electron chi connectivity index (χ3n) is 11.5. The zero-order valence-corrected chi connectivity index (χ0v) is 30.0. The van der Waals surface area contributed by atoms with E-state index in [9.17, 15) is 0 Å². The summed E-state index contributed by atoms with van der Waals surface area (Å²) in [5, 5.41) is 5.86. The Hall–Kier alpha value is -7.16. The minimum absolute atomic E-state index is 0.437. The monoisotopic (exact) mass is 698 g/mol. The second kappa shape index (κ2) is 12.5. The Labute approximate surface area is 320 Å². The summed E-state index contributed by atoms with van der Waals surface area (Å²) in [5.74, 6) is 0.718. The molecule has 0 atom stereocenters. The molecule has 0 amide bonds. The van der Waals surface area contributed by atoms with Gasteiger partial charge in [-0.1, -0.05) is 176 Å². The Kier molecular flexibility index (Phi) is 7.11. The summed E-state index contributed by atoms with van der Waals surface area (Å²) in [6.45, 7) is 0. The second-order valence-corrected chi connectivity index (χ2v) is 14.5. The summed E-state index contributed by atoms with van der Waals surface area (Å²) in [4.78, 5) is 10.4. The minimum atomic E-state index is -0.437. The van der Waals surface area contributed by atoms with Crippen molar-refractivity contribution in [3.05, 3.63) is 229 Å². The van der Waals surface area contributed by atoms with E-state index in [0.29, 0.717) is 0 Å². The van der Waals surface area contributed by atoms with Crippen molar-refractivity contribution in [3.8, 4) is 44.9 Å². The molecule has 1 heterocycles. The lowest BCUT2D eigenvalue weighted by Crippen LogP contribution is -2.28. The van der Waals surface area contributed by atoms with Crippen LogP contribution in [0.15, 0.2) is 206 Å². The number of benzene rings is 9. The van der Waals surface area contributed by atoms with E-state index in [2.05, 4.69) is 206 Å². The third kappa shape index (κ3) is 4.89.